The summed E-state index contributed by atoms with van der Waals surface area (Å²) in [6.45, 7) is 3.93. The molecule has 1 amide bonds. The normalized spacial score (nSPS) is 10.3. The average Bonchev–Trinajstić information content (AvgIpc) is 2.37. The van der Waals surface area contributed by atoms with Crippen molar-refractivity contribution in [3.63, 3.8) is 0 Å². The Morgan fingerprint density at radius 2 is 1.84 bits per heavy atom. The fourth-order valence-electron chi connectivity index (χ4n) is 1.71. The Morgan fingerprint density at radius 1 is 1.11 bits per heavy atom. The first-order valence-corrected chi connectivity index (χ1v) is 5.91. The number of carbonyl (C=O) groups is 1. The van der Waals surface area contributed by atoms with Crippen molar-refractivity contribution in [1.29, 1.82) is 0 Å². The highest BCUT2D eigenvalue weighted by molar-refractivity contribution is 6.04. The molecule has 0 radical (unpaired) electrons. The van der Waals surface area contributed by atoms with Crippen LogP contribution in [0, 0.1) is 19.7 Å². The van der Waals surface area contributed by atoms with Gasteiger partial charge in [0.15, 0.2) is 0 Å². The van der Waals surface area contributed by atoms with Gasteiger partial charge in [-0.3, -0.25) is 4.79 Å². The van der Waals surface area contributed by atoms with Crippen molar-refractivity contribution in [3.8, 4) is 0 Å². The molecule has 0 aromatic heterocycles. The number of carbonyl (C=O) groups excluding carboxylic acids is 1. The van der Waals surface area contributed by atoms with Gasteiger partial charge in [0.25, 0.3) is 5.91 Å². The third-order valence-corrected chi connectivity index (χ3v) is 3.02. The number of hydrogen-bond donors (Lipinski definition) is 2. The van der Waals surface area contributed by atoms with E-state index in [0.717, 1.165) is 11.1 Å². The number of amides is 1. The molecule has 2 rings (SSSR count). The Balaban J connectivity index is 2.20. The van der Waals surface area contributed by atoms with E-state index in [4.69, 9.17) is 5.73 Å². The second-order valence-electron chi connectivity index (χ2n) is 4.49. The highest BCUT2D eigenvalue weighted by Gasteiger charge is 2.08. The van der Waals surface area contributed by atoms with Crippen LogP contribution in [0.4, 0.5) is 15.8 Å². The average molecular weight is 258 g/mol. The number of aryl methyl sites for hydroxylation is 2. The first-order valence-electron chi connectivity index (χ1n) is 5.91. The van der Waals surface area contributed by atoms with E-state index in [0.29, 0.717) is 11.3 Å². The van der Waals surface area contributed by atoms with E-state index in [9.17, 15) is 9.18 Å². The summed E-state index contributed by atoms with van der Waals surface area (Å²) in [7, 11) is 0. The molecular weight excluding hydrogens is 243 g/mol. The molecule has 0 saturated heterocycles. The zero-order valence-electron chi connectivity index (χ0n) is 10.8. The Bertz CT molecular complexity index is 638. The number of anilines is 2. The second-order valence-corrected chi connectivity index (χ2v) is 4.49. The van der Waals surface area contributed by atoms with E-state index >= 15 is 0 Å². The molecule has 2 aromatic carbocycles. The third-order valence-electron chi connectivity index (χ3n) is 3.02. The summed E-state index contributed by atoms with van der Waals surface area (Å²) in [6, 6.07) is 9.57. The van der Waals surface area contributed by atoms with Crippen LogP contribution in [0.15, 0.2) is 36.4 Å². The highest BCUT2D eigenvalue weighted by Crippen LogP contribution is 2.18. The van der Waals surface area contributed by atoms with Crippen LogP contribution in [0.25, 0.3) is 0 Å². The maximum atomic E-state index is 13.0. The molecule has 98 valence electrons. The molecule has 0 unspecified atom stereocenters. The molecule has 0 aliphatic rings. The van der Waals surface area contributed by atoms with Gasteiger partial charge in [0.05, 0.1) is 5.69 Å². The van der Waals surface area contributed by atoms with Gasteiger partial charge in [-0.15, -0.1) is 0 Å². The quantitative estimate of drug-likeness (QED) is 0.812. The van der Waals surface area contributed by atoms with Gasteiger partial charge in [-0.2, -0.15) is 0 Å². The van der Waals surface area contributed by atoms with E-state index in [1.165, 1.54) is 18.2 Å². The number of hydrogen-bond acceptors (Lipinski definition) is 2. The van der Waals surface area contributed by atoms with Crippen LogP contribution in [0.5, 0.6) is 0 Å². The number of nitrogens with one attached hydrogen (secondary N) is 1. The lowest BCUT2D eigenvalue weighted by Crippen LogP contribution is -2.12. The molecular formula is C15H15FN2O. The molecule has 0 spiro atoms. The van der Waals surface area contributed by atoms with E-state index in [1.54, 1.807) is 6.07 Å². The van der Waals surface area contributed by atoms with Gasteiger partial charge < -0.3 is 11.1 Å². The Morgan fingerprint density at radius 3 is 2.47 bits per heavy atom. The first-order chi connectivity index (χ1) is 8.97. The molecule has 3 nitrogen and oxygen atoms in total. The number of benzene rings is 2. The smallest absolute Gasteiger partial charge is 0.255 e. The summed E-state index contributed by atoms with van der Waals surface area (Å²) < 4.78 is 13.0. The van der Waals surface area contributed by atoms with Crippen molar-refractivity contribution in [3.05, 3.63) is 58.9 Å². The fraction of sp³-hybridized carbons (Fsp3) is 0.133. The zero-order valence-corrected chi connectivity index (χ0v) is 10.8. The fourth-order valence-corrected chi connectivity index (χ4v) is 1.71. The van der Waals surface area contributed by atoms with Crippen LogP contribution in [0.2, 0.25) is 0 Å². The maximum Gasteiger partial charge on any atom is 0.255 e. The van der Waals surface area contributed by atoms with Crippen LogP contribution in [-0.2, 0) is 0 Å². The van der Waals surface area contributed by atoms with Gasteiger partial charge in [0.1, 0.15) is 5.82 Å². The minimum Gasteiger partial charge on any atom is -0.396 e. The molecule has 0 saturated carbocycles. The van der Waals surface area contributed by atoms with Crippen LogP contribution in [0.1, 0.15) is 21.5 Å². The van der Waals surface area contributed by atoms with E-state index in [1.807, 2.05) is 26.0 Å². The molecule has 0 fully saturated rings. The molecule has 4 heteroatoms. The summed E-state index contributed by atoms with van der Waals surface area (Å²) in [5, 5.41) is 2.69. The molecule has 0 heterocycles. The van der Waals surface area contributed by atoms with Gasteiger partial charge in [0, 0.05) is 11.3 Å². The topological polar surface area (TPSA) is 55.1 Å². The Labute approximate surface area is 111 Å². The van der Waals surface area contributed by atoms with Gasteiger partial charge in [-0.05, 0) is 55.3 Å². The Hall–Kier alpha value is -2.36. The van der Waals surface area contributed by atoms with Crippen molar-refractivity contribution >= 4 is 17.3 Å². The van der Waals surface area contributed by atoms with Crippen molar-refractivity contribution in [2.75, 3.05) is 11.1 Å². The molecule has 0 bridgehead atoms. The van der Waals surface area contributed by atoms with E-state index < -0.39 is 5.82 Å². The summed E-state index contributed by atoms with van der Waals surface area (Å²) in [5.41, 5.74) is 8.67. The number of halogens is 1. The standard InChI is InChI=1S/C15H15FN2O/c1-9-3-4-11(7-10(9)2)15(19)18-12-5-6-13(16)14(17)8-12/h3-8H,17H2,1-2H3,(H,18,19). The van der Waals surface area contributed by atoms with Gasteiger partial charge in [-0.1, -0.05) is 6.07 Å². The molecule has 0 atom stereocenters. The van der Waals surface area contributed by atoms with Gasteiger partial charge >= 0.3 is 0 Å². The lowest BCUT2D eigenvalue weighted by molar-refractivity contribution is 0.102. The predicted octanol–water partition coefficient (Wildman–Crippen LogP) is 3.28. The SMILES string of the molecule is Cc1ccc(C(=O)Nc2ccc(F)c(N)c2)cc1C. The van der Waals surface area contributed by atoms with E-state index in [2.05, 4.69) is 5.32 Å². The highest BCUT2D eigenvalue weighted by atomic mass is 19.1. The lowest BCUT2D eigenvalue weighted by Gasteiger charge is -2.08. The van der Waals surface area contributed by atoms with Crippen molar-refractivity contribution in [2.45, 2.75) is 13.8 Å². The summed E-state index contributed by atoms with van der Waals surface area (Å²) >= 11 is 0. The van der Waals surface area contributed by atoms with Crippen LogP contribution in [0.3, 0.4) is 0 Å². The third kappa shape index (κ3) is 2.91. The van der Waals surface area contributed by atoms with Crippen LogP contribution < -0.4 is 11.1 Å². The number of nitrogen functional groups attached to an aromatic ring is 1. The second kappa shape index (κ2) is 5.10. The Kier molecular flexibility index (Phi) is 3.51. The summed E-state index contributed by atoms with van der Waals surface area (Å²) in [6.07, 6.45) is 0. The molecule has 2 aromatic rings. The predicted molar refractivity (Wildman–Crippen MR) is 74.7 cm³/mol. The summed E-state index contributed by atoms with van der Waals surface area (Å²) in [5.74, 6) is -0.738. The minimum absolute atomic E-state index is 0.0119. The van der Waals surface area contributed by atoms with Gasteiger partial charge in [0.2, 0.25) is 0 Å². The van der Waals surface area contributed by atoms with Crippen molar-refractivity contribution in [1.82, 2.24) is 0 Å². The molecule has 19 heavy (non-hydrogen) atoms. The van der Waals surface area contributed by atoms with Gasteiger partial charge in [-0.25, -0.2) is 4.39 Å². The van der Waals surface area contributed by atoms with Crippen molar-refractivity contribution < 1.29 is 9.18 Å². The maximum absolute atomic E-state index is 13.0. The first kappa shape index (κ1) is 13.1. The molecule has 3 N–H and O–H groups in total. The lowest BCUT2D eigenvalue weighted by atomic mass is 10.1. The molecule has 0 aliphatic carbocycles. The van der Waals surface area contributed by atoms with Crippen molar-refractivity contribution in [2.24, 2.45) is 0 Å². The summed E-state index contributed by atoms with van der Waals surface area (Å²) in [4.78, 5) is 12.0. The van der Waals surface area contributed by atoms with E-state index in [-0.39, 0.29) is 11.6 Å². The number of nitrogens with two attached hydrogens (primary N) is 1. The monoisotopic (exact) mass is 258 g/mol. The minimum atomic E-state index is -0.496. The van der Waals surface area contributed by atoms with Crippen LogP contribution in [-0.4, -0.2) is 5.91 Å². The molecule has 0 aliphatic heterocycles. The largest absolute Gasteiger partial charge is 0.396 e. The van der Waals surface area contributed by atoms with Crippen LogP contribution >= 0.6 is 0 Å². The number of rotatable bonds is 2. The zero-order chi connectivity index (χ0) is 14.0.